The highest BCUT2D eigenvalue weighted by atomic mass is 16.5. The van der Waals surface area contributed by atoms with Gasteiger partial charge in [-0.1, -0.05) is 412 Å². The third-order valence-corrected chi connectivity index (χ3v) is 18.4. The number of unbranched alkanes of at least 4 members (excludes halogenated alkanes) is 62. The zero-order valence-corrected chi connectivity index (χ0v) is 56.3. The summed E-state index contributed by atoms with van der Waals surface area (Å²) >= 11 is 0. The average Bonchev–Trinajstić information content (AvgIpc) is 3.48. The second-order valence-electron chi connectivity index (χ2n) is 26.7. The maximum Gasteiger partial charge on any atom is 0.305 e. The molecule has 0 aliphatic heterocycles. The highest BCUT2D eigenvalue weighted by Crippen LogP contribution is 2.20. The molecule has 6 nitrogen and oxygen atoms in total. The van der Waals surface area contributed by atoms with E-state index in [9.17, 15) is 19.8 Å². The van der Waals surface area contributed by atoms with E-state index in [0.717, 1.165) is 38.5 Å². The van der Waals surface area contributed by atoms with E-state index >= 15 is 0 Å². The largest absolute Gasteiger partial charge is 0.466 e. The lowest BCUT2D eigenvalue weighted by molar-refractivity contribution is -0.143. The van der Waals surface area contributed by atoms with Gasteiger partial charge in [0.25, 0.3) is 0 Å². The molecule has 0 aromatic carbocycles. The van der Waals surface area contributed by atoms with Gasteiger partial charge in [0.15, 0.2) is 0 Å². The van der Waals surface area contributed by atoms with Crippen LogP contribution in [0.1, 0.15) is 450 Å². The summed E-state index contributed by atoms with van der Waals surface area (Å²) in [7, 11) is 0. The highest BCUT2D eigenvalue weighted by molar-refractivity contribution is 5.76. The van der Waals surface area contributed by atoms with Crippen molar-refractivity contribution in [1.29, 1.82) is 0 Å². The van der Waals surface area contributed by atoms with Crippen molar-refractivity contribution in [3.63, 3.8) is 0 Å². The van der Waals surface area contributed by atoms with Crippen LogP contribution in [-0.2, 0) is 14.3 Å². The van der Waals surface area contributed by atoms with E-state index in [1.807, 2.05) is 0 Å². The Bertz CT molecular complexity index is 1200. The number of carbonyl (C=O) groups is 2. The Labute approximate surface area is 515 Å². The van der Waals surface area contributed by atoms with Gasteiger partial charge in [0, 0.05) is 12.8 Å². The van der Waals surface area contributed by atoms with Crippen molar-refractivity contribution < 1.29 is 24.5 Å². The first-order valence-electron chi connectivity index (χ1n) is 38.3. The van der Waals surface area contributed by atoms with Crippen LogP contribution in [0.3, 0.4) is 0 Å². The van der Waals surface area contributed by atoms with E-state index in [2.05, 4.69) is 19.2 Å². The topological polar surface area (TPSA) is 95.9 Å². The number of carbonyl (C=O) groups excluding carboxylic acids is 2. The minimum Gasteiger partial charge on any atom is -0.466 e. The summed E-state index contributed by atoms with van der Waals surface area (Å²) in [6, 6.07) is -0.538. The number of hydrogen-bond donors (Lipinski definition) is 3. The molecule has 0 bridgehead atoms. The number of hydrogen-bond acceptors (Lipinski definition) is 5. The average molecular weight is 1160 g/mol. The zero-order valence-electron chi connectivity index (χ0n) is 56.3. The van der Waals surface area contributed by atoms with Crippen molar-refractivity contribution in [2.24, 2.45) is 0 Å². The number of esters is 1. The molecule has 2 unspecified atom stereocenters. The molecule has 0 aliphatic rings. The first-order valence-corrected chi connectivity index (χ1v) is 38.3. The summed E-state index contributed by atoms with van der Waals surface area (Å²) < 4.78 is 5.50. The molecule has 1 amide bonds. The first-order chi connectivity index (χ1) is 40.5. The van der Waals surface area contributed by atoms with Crippen molar-refractivity contribution in [2.75, 3.05) is 13.2 Å². The molecule has 0 aromatic heterocycles. The summed E-state index contributed by atoms with van der Waals surface area (Å²) in [5.74, 6) is -0.000669. The summed E-state index contributed by atoms with van der Waals surface area (Å²) in [6.45, 7) is 5.01. The molecule has 0 saturated carbocycles. The van der Waals surface area contributed by atoms with Crippen LogP contribution < -0.4 is 5.32 Å². The Morgan fingerprint density at radius 3 is 0.744 bits per heavy atom. The number of amides is 1. The molecule has 3 N–H and O–H groups in total. The number of ether oxygens (including phenoxy) is 1. The molecule has 0 heterocycles. The van der Waals surface area contributed by atoms with Crippen molar-refractivity contribution >= 4 is 11.9 Å². The van der Waals surface area contributed by atoms with Gasteiger partial charge in [0.05, 0.1) is 25.4 Å². The second kappa shape index (κ2) is 72.3. The van der Waals surface area contributed by atoms with Gasteiger partial charge < -0.3 is 20.3 Å². The Hall–Kier alpha value is -1.14. The first kappa shape index (κ1) is 80.9. The molecule has 490 valence electrons. The number of aliphatic hydroxyl groups is 2. The van der Waals surface area contributed by atoms with Gasteiger partial charge in [-0.3, -0.25) is 9.59 Å². The van der Waals surface area contributed by atoms with Gasteiger partial charge in [-0.2, -0.15) is 0 Å². The van der Waals surface area contributed by atoms with Gasteiger partial charge >= 0.3 is 5.97 Å². The third kappa shape index (κ3) is 68.0. The summed E-state index contributed by atoms with van der Waals surface area (Å²) in [5.41, 5.74) is 0. The highest BCUT2D eigenvalue weighted by Gasteiger charge is 2.20. The minimum absolute atomic E-state index is 0.0244. The van der Waals surface area contributed by atoms with Crippen molar-refractivity contribution in [3.05, 3.63) is 0 Å². The lowest BCUT2D eigenvalue weighted by atomic mass is 10.0. The Morgan fingerprint density at radius 1 is 0.293 bits per heavy atom. The van der Waals surface area contributed by atoms with Crippen LogP contribution in [0.5, 0.6) is 0 Å². The predicted molar refractivity (Wildman–Crippen MR) is 361 cm³/mol. The Morgan fingerprint density at radius 2 is 0.500 bits per heavy atom. The molecule has 0 aliphatic carbocycles. The molecule has 0 fully saturated rings. The van der Waals surface area contributed by atoms with E-state index in [1.165, 1.54) is 379 Å². The molecule has 6 heteroatoms. The monoisotopic (exact) mass is 1160 g/mol. The molecular formula is C76H151NO5. The van der Waals surface area contributed by atoms with Crippen LogP contribution >= 0.6 is 0 Å². The molecule has 2 atom stereocenters. The zero-order chi connectivity index (χ0) is 59.2. The van der Waals surface area contributed by atoms with Crippen LogP contribution in [0, 0.1) is 0 Å². The van der Waals surface area contributed by atoms with Gasteiger partial charge in [-0.25, -0.2) is 0 Å². The maximum absolute atomic E-state index is 12.6. The van der Waals surface area contributed by atoms with E-state index in [1.54, 1.807) is 0 Å². The van der Waals surface area contributed by atoms with Gasteiger partial charge in [-0.05, 0) is 25.7 Å². The maximum atomic E-state index is 12.6. The van der Waals surface area contributed by atoms with Crippen LogP contribution in [0.25, 0.3) is 0 Å². The van der Waals surface area contributed by atoms with Crippen molar-refractivity contribution in [1.82, 2.24) is 5.32 Å². The number of rotatable bonds is 73. The summed E-state index contributed by atoms with van der Waals surface area (Å²) in [4.78, 5) is 24.6. The van der Waals surface area contributed by atoms with Gasteiger partial charge in [0.1, 0.15) is 0 Å². The summed E-state index contributed by atoms with van der Waals surface area (Å²) in [5, 5.41) is 23.4. The quantitative estimate of drug-likeness (QED) is 0.0417. The fraction of sp³-hybridized carbons (Fsp3) is 0.974. The molecule has 0 rings (SSSR count). The Balaban J connectivity index is 3.32. The lowest BCUT2D eigenvalue weighted by Gasteiger charge is -2.22. The molecule has 0 saturated heterocycles. The molecular weight excluding hydrogens is 1010 g/mol. The second-order valence-corrected chi connectivity index (χ2v) is 26.7. The van der Waals surface area contributed by atoms with Crippen LogP contribution in [0.2, 0.25) is 0 Å². The van der Waals surface area contributed by atoms with Crippen molar-refractivity contribution in [2.45, 2.75) is 463 Å². The lowest BCUT2D eigenvalue weighted by Crippen LogP contribution is -2.45. The smallest absolute Gasteiger partial charge is 0.305 e. The van der Waals surface area contributed by atoms with E-state index < -0.39 is 12.1 Å². The molecule has 0 radical (unpaired) electrons. The van der Waals surface area contributed by atoms with E-state index in [4.69, 9.17) is 4.74 Å². The third-order valence-electron chi connectivity index (χ3n) is 18.4. The Kier molecular flexibility index (Phi) is 71.3. The van der Waals surface area contributed by atoms with E-state index in [0.29, 0.717) is 25.9 Å². The fourth-order valence-electron chi connectivity index (χ4n) is 12.6. The van der Waals surface area contributed by atoms with Gasteiger partial charge in [-0.15, -0.1) is 0 Å². The number of nitrogens with one attached hydrogen (secondary N) is 1. The SMILES string of the molecule is CCCCCCCCCCCCCCCCCCCCCCC(O)C(CO)NC(=O)CCCCCCCCCCCCCCCCCCCCCCCCCCCCCCCCCOC(=O)CCCCCCCCCCCCCCCC. The van der Waals surface area contributed by atoms with Crippen LogP contribution in [-0.4, -0.2) is 47.4 Å². The van der Waals surface area contributed by atoms with Crippen LogP contribution in [0.15, 0.2) is 0 Å². The molecule has 0 aromatic rings. The summed E-state index contributed by atoms with van der Waals surface area (Å²) in [6.07, 6.45) is 89.0. The molecule has 82 heavy (non-hydrogen) atoms. The number of aliphatic hydroxyl groups excluding tert-OH is 2. The normalized spacial score (nSPS) is 12.4. The van der Waals surface area contributed by atoms with Crippen LogP contribution in [0.4, 0.5) is 0 Å². The standard InChI is InChI=1S/C76H151NO5/c1-3-5-7-9-11-13-15-17-19-20-21-35-38-41-44-48-52-56-60-64-68-74(79)73(72-78)77-75(80)69-65-61-57-53-49-45-42-39-36-33-31-29-27-25-23-22-24-26-28-30-32-34-37-40-43-47-51-55-59-63-67-71-82-76(81)70-66-62-58-54-50-46-18-16-14-12-10-8-6-4-2/h73-74,78-79H,3-72H2,1-2H3,(H,77,80). The fourth-order valence-corrected chi connectivity index (χ4v) is 12.6. The van der Waals surface area contributed by atoms with E-state index in [-0.39, 0.29) is 18.5 Å². The molecule has 0 spiro atoms. The minimum atomic E-state index is -0.661. The van der Waals surface area contributed by atoms with Crippen molar-refractivity contribution in [3.8, 4) is 0 Å². The predicted octanol–water partition coefficient (Wildman–Crippen LogP) is 24.9. The van der Waals surface area contributed by atoms with Gasteiger partial charge in [0.2, 0.25) is 5.91 Å².